The average Bonchev–Trinajstić information content (AvgIpc) is 2.93. The molecule has 1 atom stereocenters. The quantitative estimate of drug-likeness (QED) is 0.780. The van der Waals surface area contributed by atoms with Gasteiger partial charge in [-0.3, -0.25) is 0 Å². The van der Waals surface area contributed by atoms with Gasteiger partial charge in [0.05, 0.1) is 6.10 Å². The zero-order valence-electron chi connectivity index (χ0n) is 12.6. The third kappa shape index (κ3) is 2.92. The Labute approximate surface area is 128 Å². The summed E-state index contributed by atoms with van der Waals surface area (Å²) in [6.45, 7) is 2.43. The lowest BCUT2D eigenvalue weighted by molar-refractivity contribution is 0.170. The number of aliphatic hydroxyl groups excluding tert-OH is 1. The lowest BCUT2D eigenvalue weighted by atomic mass is 10.1. The summed E-state index contributed by atoms with van der Waals surface area (Å²) in [6.07, 6.45) is 1.56. The molecule has 22 heavy (non-hydrogen) atoms. The van der Waals surface area contributed by atoms with Crippen molar-refractivity contribution in [2.24, 2.45) is 0 Å². The molecule has 1 N–H and O–H groups in total. The predicted molar refractivity (Wildman–Crippen MR) is 83.6 cm³/mol. The normalized spacial score (nSPS) is 12.5. The molecule has 6 nitrogen and oxygen atoms in total. The van der Waals surface area contributed by atoms with Crippen molar-refractivity contribution in [1.82, 2.24) is 15.0 Å². The SMILES string of the molecule is Cc1nc2c(N(C)CCC(O)c3ccccc3)ncnc2o1. The summed E-state index contributed by atoms with van der Waals surface area (Å²) in [5.74, 6) is 1.27. The Morgan fingerprint density at radius 2 is 2.00 bits per heavy atom. The number of oxazole rings is 1. The van der Waals surface area contributed by atoms with Crippen LogP contribution < -0.4 is 4.90 Å². The fraction of sp³-hybridized carbons (Fsp3) is 0.312. The van der Waals surface area contributed by atoms with E-state index in [9.17, 15) is 5.11 Å². The Hall–Kier alpha value is -2.47. The topological polar surface area (TPSA) is 75.3 Å². The van der Waals surface area contributed by atoms with Gasteiger partial charge in [-0.1, -0.05) is 30.3 Å². The maximum Gasteiger partial charge on any atom is 0.252 e. The Morgan fingerprint density at radius 3 is 2.77 bits per heavy atom. The zero-order valence-corrected chi connectivity index (χ0v) is 12.6. The highest BCUT2D eigenvalue weighted by Crippen LogP contribution is 2.23. The van der Waals surface area contributed by atoms with Gasteiger partial charge in [-0.2, -0.15) is 4.98 Å². The van der Waals surface area contributed by atoms with Crippen molar-refractivity contribution in [2.75, 3.05) is 18.5 Å². The van der Waals surface area contributed by atoms with Crippen molar-refractivity contribution in [1.29, 1.82) is 0 Å². The van der Waals surface area contributed by atoms with Gasteiger partial charge in [-0.15, -0.1) is 0 Å². The molecular weight excluding hydrogens is 280 g/mol. The minimum atomic E-state index is -0.500. The van der Waals surface area contributed by atoms with E-state index < -0.39 is 6.10 Å². The van der Waals surface area contributed by atoms with Crippen molar-refractivity contribution in [2.45, 2.75) is 19.4 Å². The minimum absolute atomic E-state index is 0.484. The first-order chi connectivity index (χ1) is 10.6. The lowest BCUT2D eigenvalue weighted by Gasteiger charge is -2.20. The summed E-state index contributed by atoms with van der Waals surface area (Å²) in [5, 5.41) is 10.2. The van der Waals surface area contributed by atoms with Crippen molar-refractivity contribution in [3.8, 4) is 0 Å². The Bertz CT molecular complexity index is 757. The van der Waals surface area contributed by atoms with Crippen molar-refractivity contribution in [3.05, 3.63) is 48.1 Å². The highest BCUT2D eigenvalue weighted by atomic mass is 16.4. The molecule has 2 heterocycles. The van der Waals surface area contributed by atoms with Gasteiger partial charge in [0.15, 0.2) is 17.2 Å². The average molecular weight is 298 g/mol. The van der Waals surface area contributed by atoms with Gasteiger partial charge < -0.3 is 14.4 Å². The van der Waals surface area contributed by atoms with Gasteiger partial charge in [0.25, 0.3) is 5.71 Å². The van der Waals surface area contributed by atoms with E-state index in [4.69, 9.17) is 4.42 Å². The summed E-state index contributed by atoms with van der Waals surface area (Å²) < 4.78 is 5.42. The van der Waals surface area contributed by atoms with E-state index in [0.29, 0.717) is 35.9 Å². The van der Waals surface area contributed by atoms with Gasteiger partial charge in [-0.25, -0.2) is 9.97 Å². The van der Waals surface area contributed by atoms with E-state index in [2.05, 4.69) is 15.0 Å². The van der Waals surface area contributed by atoms with E-state index in [1.165, 1.54) is 6.33 Å². The number of benzene rings is 1. The Balaban J connectivity index is 1.72. The molecule has 0 spiro atoms. The molecule has 0 aliphatic heterocycles. The number of hydrogen-bond acceptors (Lipinski definition) is 6. The second-order valence-corrected chi connectivity index (χ2v) is 5.22. The van der Waals surface area contributed by atoms with Crippen molar-refractivity contribution in [3.63, 3.8) is 0 Å². The fourth-order valence-electron chi connectivity index (χ4n) is 2.39. The maximum atomic E-state index is 10.2. The number of aryl methyl sites for hydroxylation is 1. The molecule has 0 aliphatic carbocycles. The van der Waals surface area contributed by atoms with Gasteiger partial charge in [-0.05, 0) is 12.0 Å². The summed E-state index contributed by atoms with van der Waals surface area (Å²) in [6, 6.07) is 9.64. The van der Waals surface area contributed by atoms with E-state index >= 15 is 0 Å². The number of aromatic nitrogens is 3. The van der Waals surface area contributed by atoms with E-state index in [1.807, 2.05) is 42.3 Å². The Morgan fingerprint density at radius 1 is 1.23 bits per heavy atom. The summed E-state index contributed by atoms with van der Waals surface area (Å²) in [4.78, 5) is 14.6. The van der Waals surface area contributed by atoms with Crippen LogP contribution in [0.4, 0.5) is 5.82 Å². The third-order valence-corrected chi connectivity index (χ3v) is 3.57. The Kier molecular flexibility index (Phi) is 4.02. The molecule has 0 saturated carbocycles. The van der Waals surface area contributed by atoms with Crippen LogP contribution in [-0.4, -0.2) is 33.7 Å². The summed E-state index contributed by atoms with van der Waals surface area (Å²) in [5.41, 5.74) is 2.05. The molecule has 3 aromatic rings. The second-order valence-electron chi connectivity index (χ2n) is 5.22. The third-order valence-electron chi connectivity index (χ3n) is 3.57. The molecule has 6 heteroatoms. The van der Waals surface area contributed by atoms with Crippen LogP contribution in [0.1, 0.15) is 24.0 Å². The van der Waals surface area contributed by atoms with Crippen LogP contribution in [0, 0.1) is 6.92 Å². The van der Waals surface area contributed by atoms with Crippen molar-refractivity contribution < 1.29 is 9.52 Å². The van der Waals surface area contributed by atoms with Crippen LogP contribution in [0.5, 0.6) is 0 Å². The number of rotatable bonds is 5. The van der Waals surface area contributed by atoms with E-state index in [-0.39, 0.29) is 0 Å². The van der Waals surface area contributed by atoms with E-state index in [1.54, 1.807) is 6.92 Å². The number of aliphatic hydroxyl groups is 1. The van der Waals surface area contributed by atoms with Gasteiger partial charge in [0.1, 0.15) is 6.33 Å². The molecule has 0 aliphatic rings. The minimum Gasteiger partial charge on any atom is -0.422 e. The molecule has 0 radical (unpaired) electrons. The van der Waals surface area contributed by atoms with Crippen molar-refractivity contribution >= 4 is 17.0 Å². The summed E-state index contributed by atoms with van der Waals surface area (Å²) >= 11 is 0. The highest BCUT2D eigenvalue weighted by molar-refractivity contribution is 5.81. The largest absolute Gasteiger partial charge is 0.422 e. The van der Waals surface area contributed by atoms with Crippen LogP contribution in [0.2, 0.25) is 0 Å². The molecule has 0 amide bonds. The monoisotopic (exact) mass is 298 g/mol. The first kappa shape index (κ1) is 14.5. The van der Waals surface area contributed by atoms with E-state index in [0.717, 1.165) is 5.56 Å². The molecule has 0 bridgehead atoms. The van der Waals surface area contributed by atoms with Crippen LogP contribution in [0.15, 0.2) is 41.1 Å². The molecule has 0 fully saturated rings. The predicted octanol–water partition coefficient (Wildman–Crippen LogP) is 2.49. The van der Waals surface area contributed by atoms with Crippen LogP contribution in [-0.2, 0) is 0 Å². The van der Waals surface area contributed by atoms with Gasteiger partial charge in [0, 0.05) is 20.5 Å². The lowest BCUT2D eigenvalue weighted by Crippen LogP contribution is -2.22. The fourth-order valence-corrected chi connectivity index (χ4v) is 2.39. The summed E-state index contributed by atoms with van der Waals surface area (Å²) in [7, 11) is 1.92. The molecular formula is C16H18N4O2. The zero-order chi connectivity index (χ0) is 15.5. The van der Waals surface area contributed by atoms with Gasteiger partial charge >= 0.3 is 0 Å². The number of fused-ring (bicyclic) bond motifs is 1. The molecule has 1 unspecified atom stereocenters. The molecule has 2 aromatic heterocycles. The molecule has 1 aromatic carbocycles. The van der Waals surface area contributed by atoms with Crippen LogP contribution in [0.3, 0.4) is 0 Å². The highest BCUT2D eigenvalue weighted by Gasteiger charge is 2.15. The number of hydrogen-bond donors (Lipinski definition) is 1. The first-order valence-corrected chi connectivity index (χ1v) is 7.17. The number of anilines is 1. The maximum absolute atomic E-state index is 10.2. The molecule has 3 rings (SSSR count). The molecule has 114 valence electrons. The van der Waals surface area contributed by atoms with Gasteiger partial charge in [0.2, 0.25) is 0 Å². The second kappa shape index (κ2) is 6.11. The number of nitrogens with zero attached hydrogens (tertiary/aromatic N) is 4. The van der Waals surface area contributed by atoms with Crippen LogP contribution >= 0.6 is 0 Å². The molecule has 0 saturated heterocycles. The first-order valence-electron chi connectivity index (χ1n) is 7.17. The van der Waals surface area contributed by atoms with Crippen LogP contribution in [0.25, 0.3) is 11.2 Å². The standard InChI is InChI=1S/C16H18N4O2/c1-11-19-14-15(17-10-18-16(14)22-11)20(2)9-8-13(21)12-6-4-3-5-7-12/h3-7,10,13,21H,8-9H2,1-2H3. The smallest absolute Gasteiger partial charge is 0.252 e.